The molecule has 0 radical (unpaired) electrons. The minimum atomic E-state index is 0.254. The van der Waals surface area contributed by atoms with Gasteiger partial charge in [0.25, 0.3) is 5.91 Å². The summed E-state index contributed by atoms with van der Waals surface area (Å²) in [4.78, 5) is 16.5. The van der Waals surface area contributed by atoms with Gasteiger partial charge in [-0.25, -0.2) is 0 Å². The highest BCUT2D eigenvalue weighted by Crippen LogP contribution is 2.27. The second-order valence-corrected chi connectivity index (χ2v) is 8.56. The number of nitrogens with one attached hydrogen (secondary N) is 1. The monoisotopic (exact) mass is 400 g/mol. The second kappa shape index (κ2) is 8.66. The van der Waals surface area contributed by atoms with Crippen molar-refractivity contribution in [1.82, 2.24) is 14.8 Å². The lowest BCUT2D eigenvalue weighted by Gasteiger charge is -2.33. The molecule has 150 valence electrons. The van der Waals surface area contributed by atoms with Gasteiger partial charge < -0.3 is 14.4 Å². The van der Waals surface area contributed by atoms with Gasteiger partial charge in [0.2, 0.25) is 0 Å². The minimum absolute atomic E-state index is 0.254. The summed E-state index contributed by atoms with van der Waals surface area (Å²) in [6.45, 7) is 6.49. The lowest BCUT2D eigenvalue weighted by Crippen LogP contribution is -3.14. The molecular formula is C21H30N5OS+. The number of fused-ring (bicyclic) bond motifs is 1. The van der Waals surface area contributed by atoms with E-state index in [0.29, 0.717) is 12.5 Å². The van der Waals surface area contributed by atoms with Gasteiger partial charge in [-0.3, -0.25) is 4.79 Å². The number of anilines is 1. The van der Waals surface area contributed by atoms with E-state index in [9.17, 15) is 4.79 Å². The summed E-state index contributed by atoms with van der Waals surface area (Å²) in [5, 5.41) is 9.85. The van der Waals surface area contributed by atoms with Crippen molar-refractivity contribution in [2.24, 2.45) is 0 Å². The van der Waals surface area contributed by atoms with Gasteiger partial charge >= 0.3 is 0 Å². The Labute approximate surface area is 171 Å². The number of amides is 1. The van der Waals surface area contributed by atoms with Crippen molar-refractivity contribution in [2.45, 2.75) is 50.2 Å². The number of carbonyl (C=O) groups is 1. The maximum Gasteiger partial charge on any atom is 0.282 e. The molecule has 1 fully saturated rings. The first kappa shape index (κ1) is 19.5. The molecule has 0 spiro atoms. The highest BCUT2D eigenvalue weighted by molar-refractivity contribution is 7.98. The molecule has 1 unspecified atom stereocenters. The number of hydrogen-bond acceptors (Lipinski definition) is 4. The van der Waals surface area contributed by atoms with Crippen LogP contribution in [-0.4, -0.2) is 53.1 Å². The molecule has 0 bridgehead atoms. The van der Waals surface area contributed by atoms with E-state index in [2.05, 4.69) is 39.9 Å². The van der Waals surface area contributed by atoms with Crippen LogP contribution < -0.4 is 9.80 Å². The van der Waals surface area contributed by atoms with Crippen molar-refractivity contribution >= 4 is 23.4 Å². The third-order valence-electron chi connectivity index (χ3n) is 6.04. The zero-order valence-electron chi connectivity index (χ0n) is 16.9. The first-order valence-electron chi connectivity index (χ1n) is 10.4. The van der Waals surface area contributed by atoms with Crippen molar-refractivity contribution in [3.8, 4) is 0 Å². The zero-order chi connectivity index (χ0) is 19.5. The quantitative estimate of drug-likeness (QED) is 0.777. The molecular weight excluding hydrogens is 370 g/mol. The smallest absolute Gasteiger partial charge is 0.282 e. The van der Waals surface area contributed by atoms with Crippen molar-refractivity contribution in [3.05, 3.63) is 35.7 Å². The number of likely N-dealkylation sites (tertiary alicyclic amines) is 1. The Morgan fingerprint density at radius 1 is 1.29 bits per heavy atom. The molecule has 0 saturated carbocycles. The molecule has 2 aliphatic heterocycles. The standard InChI is InChI=1S/C21H29N5OS/c1-3-25-20(22-23-21(25)28-2)17-10-6-12-24(14-17)15-19(27)26-13-7-9-16-8-4-5-11-18(16)26/h4-5,8,11,17H,3,6-7,9-10,12-15H2,1-2H3/p+1/t17-/m0/s1. The Morgan fingerprint density at radius 3 is 2.96 bits per heavy atom. The van der Waals surface area contributed by atoms with Crippen LogP contribution in [0, 0.1) is 0 Å². The van der Waals surface area contributed by atoms with E-state index in [1.54, 1.807) is 11.8 Å². The number of nitrogens with zero attached hydrogens (tertiary/aromatic N) is 4. The molecule has 7 heteroatoms. The molecule has 4 rings (SSSR count). The molecule has 1 aromatic heterocycles. The van der Waals surface area contributed by atoms with E-state index < -0.39 is 0 Å². The van der Waals surface area contributed by atoms with Crippen LogP contribution in [-0.2, 0) is 17.8 Å². The van der Waals surface area contributed by atoms with Crippen molar-refractivity contribution < 1.29 is 9.69 Å². The average molecular weight is 401 g/mol. The normalized spacial score (nSPS) is 22.1. The van der Waals surface area contributed by atoms with Gasteiger partial charge in [-0.2, -0.15) is 0 Å². The van der Waals surface area contributed by atoms with E-state index in [-0.39, 0.29) is 5.91 Å². The summed E-state index contributed by atoms with van der Waals surface area (Å²) in [5.41, 5.74) is 2.41. The van der Waals surface area contributed by atoms with E-state index >= 15 is 0 Å². The molecule has 1 N–H and O–H groups in total. The highest BCUT2D eigenvalue weighted by Gasteiger charge is 2.32. The molecule has 0 aliphatic carbocycles. The first-order valence-corrected chi connectivity index (χ1v) is 11.6. The number of rotatable bonds is 5. The van der Waals surface area contributed by atoms with Crippen LogP contribution in [0.3, 0.4) is 0 Å². The molecule has 1 saturated heterocycles. The summed E-state index contributed by atoms with van der Waals surface area (Å²) in [7, 11) is 0. The number of quaternary nitrogens is 1. The van der Waals surface area contributed by atoms with Crippen LogP contribution >= 0.6 is 11.8 Å². The number of aryl methyl sites for hydroxylation is 1. The molecule has 6 nitrogen and oxygen atoms in total. The minimum Gasteiger partial charge on any atom is -0.327 e. The van der Waals surface area contributed by atoms with Gasteiger partial charge in [0.05, 0.1) is 19.0 Å². The van der Waals surface area contributed by atoms with Crippen LogP contribution in [0.5, 0.6) is 0 Å². The number of thioether (sulfide) groups is 1. The van der Waals surface area contributed by atoms with E-state index in [1.165, 1.54) is 10.5 Å². The molecule has 3 heterocycles. The number of benzene rings is 1. The third kappa shape index (κ3) is 3.82. The van der Waals surface area contributed by atoms with E-state index in [1.807, 2.05) is 17.2 Å². The lowest BCUT2D eigenvalue weighted by molar-refractivity contribution is -0.898. The Bertz CT molecular complexity index is 836. The zero-order valence-corrected chi connectivity index (χ0v) is 17.7. The van der Waals surface area contributed by atoms with Crippen LogP contribution in [0.25, 0.3) is 0 Å². The second-order valence-electron chi connectivity index (χ2n) is 7.79. The molecule has 1 aromatic carbocycles. The average Bonchev–Trinajstić information content (AvgIpc) is 3.16. The van der Waals surface area contributed by atoms with Gasteiger partial charge in [-0.15, -0.1) is 10.2 Å². The summed E-state index contributed by atoms with van der Waals surface area (Å²) in [6, 6.07) is 8.35. The predicted octanol–water partition coefficient (Wildman–Crippen LogP) is 1.76. The third-order valence-corrected chi connectivity index (χ3v) is 6.71. The van der Waals surface area contributed by atoms with Gasteiger partial charge in [-0.1, -0.05) is 30.0 Å². The Balaban J connectivity index is 1.45. The van der Waals surface area contributed by atoms with Gasteiger partial charge in [0, 0.05) is 18.8 Å². The Morgan fingerprint density at radius 2 is 2.14 bits per heavy atom. The summed E-state index contributed by atoms with van der Waals surface area (Å²) >= 11 is 1.65. The first-order chi connectivity index (χ1) is 13.7. The molecule has 1 amide bonds. The Hall–Kier alpha value is -1.86. The van der Waals surface area contributed by atoms with Crippen LogP contribution in [0.15, 0.2) is 29.4 Å². The number of piperidine rings is 1. The summed E-state index contributed by atoms with van der Waals surface area (Å²) < 4.78 is 2.24. The van der Waals surface area contributed by atoms with Crippen LogP contribution in [0.2, 0.25) is 0 Å². The fraction of sp³-hybridized carbons (Fsp3) is 0.571. The molecule has 2 atom stereocenters. The van der Waals surface area contributed by atoms with E-state index in [4.69, 9.17) is 0 Å². The topological polar surface area (TPSA) is 55.5 Å². The Kier molecular flexibility index (Phi) is 6.01. The molecule has 28 heavy (non-hydrogen) atoms. The molecule has 2 aliphatic rings. The number of hydrogen-bond donors (Lipinski definition) is 1. The van der Waals surface area contributed by atoms with Crippen molar-refractivity contribution in [3.63, 3.8) is 0 Å². The maximum atomic E-state index is 13.1. The van der Waals surface area contributed by atoms with Gasteiger partial charge in [0.15, 0.2) is 11.7 Å². The number of para-hydroxylation sites is 1. The lowest BCUT2D eigenvalue weighted by atomic mass is 9.97. The summed E-state index contributed by atoms with van der Waals surface area (Å²) in [5.74, 6) is 1.74. The fourth-order valence-corrected chi connectivity index (χ4v) is 5.25. The largest absolute Gasteiger partial charge is 0.327 e. The molecule has 2 aromatic rings. The van der Waals surface area contributed by atoms with Crippen LogP contribution in [0.4, 0.5) is 5.69 Å². The predicted molar refractivity (Wildman–Crippen MR) is 112 cm³/mol. The van der Waals surface area contributed by atoms with Crippen LogP contribution in [0.1, 0.15) is 43.5 Å². The fourth-order valence-electron chi connectivity index (χ4n) is 4.68. The SMILES string of the molecule is CCn1c(SC)nnc1[C@H]1CCC[NH+](CC(=O)N2CCCc3ccccc32)C1. The van der Waals surface area contributed by atoms with Crippen molar-refractivity contribution in [1.29, 1.82) is 0 Å². The maximum absolute atomic E-state index is 13.1. The van der Waals surface area contributed by atoms with E-state index in [0.717, 1.165) is 68.5 Å². The summed E-state index contributed by atoms with van der Waals surface area (Å²) in [6.07, 6.45) is 6.44. The van der Waals surface area contributed by atoms with Gasteiger partial charge in [-0.05, 0) is 50.5 Å². The number of aromatic nitrogens is 3. The number of carbonyl (C=O) groups excluding carboxylic acids is 1. The van der Waals surface area contributed by atoms with Crippen molar-refractivity contribution in [2.75, 3.05) is 37.3 Å². The van der Waals surface area contributed by atoms with Gasteiger partial charge in [0.1, 0.15) is 5.82 Å². The highest BCUT2D eigenvalue weighted by atomic mass is 32.2.